The van der Waals surface area contributed by atoms with Crippen molar-refractivity contribution < 1.29 is 9.53 Å². The summed E-state index contributed by atoms with van der Waals surface area (Å²) in [6.45, 7) is 2.17. The van der Waals surface area contributed by atoms with Crippen LogP contribution in [0.2, 0.25) is 10.0 Å². The van der Waals surface area contributed by atoms with Gasteiger partial charge in [-0.15, -0.1) is 0 Å². The molecule has 2 bridgehead atoms. The highest BCUT2D eigenvalue weighted by molar-refractivity contribution is 6.35. The molecule has 1 aromatic carbocycles. The van der Waals surface area contributed by atoms with Gasteiger partial charge in [0.15, 0.2) is 6.73 Å². The number of rotatable bonds is 5. The van der Waals surface area contributed by atoms with Gasteiger partial charge in [-0.25, -0.2) is 4.79 Å². The molecular formula is C17H22Cl2N2O2. The standard InChI is InChI=1S/C17H22Cl2N2O2/c1-10(14-7-11-2-3-12(14)6-11)21-17(22)20-9-23-16-5-4-13(18)8-15(16)19/h4-5,8,10-12,14H,2-3,6-7,9H2,1H3,(H2,20,21,22). The van der Waals surface area contributed by atoms with Gasteiger partial charge in [-0.1, -0.05) is 29.6 Å². The van der Waals surface area contributed by atoms with Crippen molar-refractivity contribution in [2.45, 2.75) is 38.6 Å². The van der Waals surface area contributed by atoms with Crippen LogP contribution < -0.4 is 15.4 Å². The number of nitrogens with one attached hydrogen (secondary N) is 2. The van der Waals surface area contributed by atoms with Crippen molar-refractivity contribution in [3.8, 4) is 5.75 Å². The fraction of sp³-hybridized carbons (Fsp3) is 0.588. The number of halogens is 2. The predicted molar refractivity (Wildman–Crippen MR) is 92.0 cm³/mol. The van der Waals surface area contributed by atoms with Gasteiger partial charge in [0.05, 0.1) is 5.02 Å². The number of hydrogen-bond acceptors (Lipinski definition) is 2. The molecule has 3 rings (SSSR count). The Morgan fingerprint density at radius 2 is 2.17 bits per heavy atom. The van der Waals surface area contributed by atoms with Crippen LogP contribution in [0.15, 0.2) is 18.2 Å². The molecule has 4 nitrogen and oxygen atoms in total. The van der Waals surface area contributed by atoms with E-state index in [0.29, 0.717) is 21.7 Å². The number of hydrogen-bond donors (Lipinski definition) is 2. The van der Waals surface area contributed by atoms with Crippen LogP contribution in [-0.4, -0.2) is 18.8 Å². The number of ether oxygens (including phenoxy) is 1. The summed E-state index contributed by atoms with van der Waals surface area (Å²) >= 11 is 11.8. The number of carbonyl (C=O) groups excluding carboxylic acids is 1. The maximum absolute atomic E-state index is 12.0. The molecule has 2 fully saturated rings. The topological polar surface area (TPSA) is 50.4 Å². The highest BCUT2D eigenvalue weighted by atomic mass is 35.5. The average molecular weight is 357 g/mol. The third-order valence-electron chi connectivity index (χ3n) is 5.15. The van der Waals surface area contributed by atoms with Gasteiger partial charge in [0, 0.05) is 11.1 Å². The molecule has 4 unspecified atom stereocenters. The van der Waals surface area contributed by atoms with Crippen LogP contribution in [0.5, 0.6) is 5.75 Å². The van der Waals surface area contributed by atoms with Crippen LogP contribution in [0.4, 0.5) is 4.79 Å². The first-order valence-corrected chi connectivity index (χ1v) is 8.90. The Labute approximate surface area is 146 Å². The Kier molecular flexibility index (Phi) is 5.22. The minimum Gasteiger partial charge on any atom is -0.472 e. The number of benzene rings is 1. The first-order chi connectivity index (χ1) is 11.0. The lowest BCUT2D eigenvalue weighted by atomic mass is 9.84. The van der Waals surface area contributed by atoms with Gasteiger partial charge >= 0.3 is 6.03 Å². The van der Waals surface area contributed by atoms with Crippen molar-refractivity contribution in [1.82, 2.24) is 10.6 Å². The molecule has 126 valence electrons. The van der Waals surface area contributed by atoms with Gasteiger partial charge in [-0.2, -0.15) is 0 Å². The first-order valence-electron chi connectivity index (χ1n) is 8.15. The fourth-order valence-corrected chi connectivity index (χ4v) is 4.51. The van der Waals surface area contributed by atoms with E-state index in [1.54, 1.807) is 18.2 Å². The minimum absolute atomic E-state index is 0.0661. The van der Waals surface area contributed by atoms with Gasteiger partial charge in [-0.05, 0) is 62.1 Å². The van der Waals surface area contributed by atoms with E-state index in [2.05, 4.69) is 17.6 Å². The summed E-state index contributed by atoms with van der Waals surface area (Å²) in [6.07, 6.45) is 5.29. The molecule has 23 heavy (non-hydrogen) atoms. The Balaban J connectivity index is 1.41. The van der Waals surface area contributed by atoms with Crippen LogP contribution in [0.3, 0.4) is 0 Å². The van der Waals surface area contributed by atoms with E-state index in [1.165, 1.54) is 25.7 Å². The summed E-state index contributed by atoms with van der Waals surface area (Å²) in [5.74, 6) is 2.79. The van der Waals surface area contributed by atoms with E-state index in [4.69, 9.17) is 27.9 Å². The van der Waals surface area contributed by atoms with E-state index < -0.39 is 0 Å². The molecule has 2 aliphatic carbocycles. The highest BCUT2D eigenvalue weighted by Crippen LogP contribution is 2.49. The zero-order valence-corrected chi connectivity index (χ0v) is 14.7. The van der Waals surface area contributed by atoms with Gasteiger partial charge in [-0.3, -0.25) is 0 Å². The van der Waals surface area contributed by atoms with Crippen LogP contribution in [0, 0.1) is 17.8 Å². The van der Waals surface area contributed by atoms with Gasteiger partial charge < -0.3 is 15.4 Å². The summed E-state index contributed by atoms with van der Waals surface area (Å²) in [5.41, 5.74) is 0. The summed E-state index contributed by atoms with van der Waals surface area (Å²) in [6, 6.07) is 4.98. The lowest BCUT2D eigenvalue weighted by Gasteiger charge is -2.28. The summed E-state index contributed by atoms with van der Waals surface area (Å²) in [7, 11) is 0. The third-order valence-corrected chi connectivity index (χ3v) is 5.68. The van der Waals surface area contributed by atoms with Crippen molar-refractivity contribution in [3.05, 3.63) is 28.2 Å². The van der Waals surface area contributed by atoms with Gasteiger partial charge in [0.25, 0.3) is 0 Å². The Morgan fingerprint density at radius 3 is 2.83 bits per heavy atom. The Bertz CT molecular complexity index is 582. The van der Waals surface area contributed by atoms with E-state index >= 15 is 0 Å². The lowest BCUT2D eigenvalue weighted by Crippen LogP contribution is -2.46. The zero-order valence-electron chi connectivity index (χ0n) is 13.1. The molecule has 0 spiro atoms. The molecule has 0 radical (unpaired) electrons. The molecule has 2 N–H and O–H groups in total. The van der Waals surface area contributed by atoms with E-state index in [9.17, 15) is 4.79 Å². The minimum atomic E-state index is -0.203. The third kappa shape index (κ3) is 4.04. The number of urea groups is 1. The molecule has 2 aliphatic rings. The number of amides is 2. The van der Waals surface area contributed by atoms with Crippen molar-refractivity contribution in [3.63, 3.8) is 0 Å². The molecule has 0 heterocycles. The van der Waals surface area contributed by atoms with Crippen LogP contribution in [0.25, 0.3) is 0 Å². The quantitative estimate of drug-likeness (QED) is 0.765. The Morgan fingerprint density at radius 1 is 1.35 bits per heavy atom. The Hall–Kier alpha value is -1.13. The lowest BCUT2D eigenvalue weighted by molar-refractivity contribution is 0.208. The second-order valence-corrected chi connectivity index (χ2v) is 7.48. The SMILES string of the molecule is CC(NC(=O)NCOc1ccc(Cl)cc1Cl)C1CC2CCC1C2. The zero-order chi connectivity index (χ0) is 16.4. The van der Waals surface area contributed by atoms with Gasteiger partial charge in [0.2, 0.25) is 0 Å². The second-order valence-electron chi connectivity index (χ2n) is 6.64. The largest absolute Gasteiger partial charge is 0.472 e. The molecule has 4 atom stereocenters. The van der Waals surface area contributed by atoms with Gasteiger partial charge in [0.1, 0.15) is 5.75 Å². The van der Waals surface area contributed by atoms with Crippen LogP contribution in [-0.2, 0) is 0 Å². The smallest absolute Gasteiger partial charge is 0.317 e. The first kappa shape index (κ1) is 16.7. The van der Waals surface area contributed by atoms with Crippen molar-refractivity contribution in [1.29, 1.82) is 0 Å². The molecule has 1 aromatic rings. The van der Waals surface area contributed by atoms with Crippen LogP contribution in [0.1, 0.15) is 32.6 Å². The molecule has 0 aromatic heterocycles. The van der Waals surface area contributed by atoms with Crippen molar-refractivity contribution in [2.75, 3.05) is 6.73 Å². The summed E-state index contributed by atoms with van der Waals surface area (Å²) in [5, 5.41) is 6.71. The highest BCUT2D eigenvalue weighted by Gasteiger charge is 2.42. The number of carbonyl (C=O) groups is 1. The van der Waals surface area contributed by atoms with E-state index in [1.807, 2.05) is 0 Å². The molecule has 6 heteroatoms. The molecule has 0 aliphatic heterocycles. The predicted octanol–water partition coefficient (Wildman–Crippen LogP) is 4.45. The molecular weight excluding hydrogens is 335 g/mol. The van der Waals surface area contributed by atoms with Crippen molar-refractivity contribution >= 4 is 29.2 Å². The number of fused-ring (bicyclic) bond motifs is 2. The van der Waals surface area contributed by atoms with E-state index in [-0.39, 0.29) is 18.8 Å². The molecule has 0 saturated heterocycles. The maximum Gasteiger partial charge on any atom is 0.317 e. The van der Waals surface area contributed by atoms with Crippen molar-refractivity contribution in [2.24, 2.45) is 17.8 Å². The average Bonchev–Trinajstić information content (AvgIpc) is 3.12. The summed E-state index contributed by atoms with van der Waals surface area (Å²) < 4.78 is 5.46. The maximum atomic E-state index is 12.0. The second kappa shape index (κ2) is 7.18. The van der Waals surface area contributed by atoms with E-state index in [0.717, 1.165) is 11.8 Å². The molecule has 2 saturated carbocycles. The monoisotopic (exact) mass is 356 g/mol. The van der Waals surface area contributed by atoms with Crippen LogP contribution >= 0.6 is 23.2 Å². The normalized spacial score (nSPS) is 26.8. The fourth-order valence-electron chi connectivity index (χ4n) is 4.04. The summed E-state index contributed by atoms with van der Waals surface area (Å²) in [4.78, 5) is 12.0. The molecule has 2 amide bonds.